The van der Waals surface area contributed by atoms with Crippen molar-refractivity contribution in [1.82, 2.24) is 15.1 Å². The van der Waals surface area contributed by atoms with E-state index in [4.69, 9.17) is 0 Å². The summed E-state index contributed by atoms with van der Waals surface area (Å²) in [5.74, 6) is 1.10. The Morgan fingerprint density at radius 1 is 1.45 bits per heavy atom. The first-order valence-electron chi connectivity index (χ1n) is 7.44. The minimum atomic E-state index is -0.116. The molecule has 0 saturated heterocycles. The molecule has 20 heavy (non-hydrogen) atoms. The van der Waals surface area contributed by atoms with Crippen molar-refractivity contribution in [2.24, 2.45) is 0 Å². The lowest BCUT2D eigenvalue weighted by Gasteiger charge is -2.31. The summed E-state index contributed by atoms with van der Waals surface area (Å²) in [6.07, 6.45) is 8.30. The van der Waals surface area contributed by atoms with Crippen LogP contribution in [0, 0.1) is 0 Å². The molecule has 1 aliphatic carbocycles. The van der Waals surface area contributed by atoms with E-state index in [0.717, 1.165) is 24.4 Å². The smallest absolute Gasteiger partial charge is 0.319 e. The highest BCUT2D eigenvalue weighted by atomic mass is 32.2. The highest BCUT2D eigenvalue weighted by molar-refractivity contribution is 7.99. The quantitative estimate of drug-likeness (QED) is 0.878. The predicted molar refractivity (Wildman–Crippen MR) is 84.2 cm³/mol. The van der Waals surface area contributed by atoms with Crippen molar-refractivity contribution < 1.29 is 4.79 Å². The standard InChI is InChI=1S/C14H24N4OS/c1-3-18-10-11(9-15-18)16-14(19)17-12-7-5-6-8-13(12)20-4-2/h9-10,12-13H,3-8H2,1-2H3,(H2,16,17,19). The van der Waals surface area contributed by atoms with Crippen LogP contribution >= 0.6 is 11.8 Å². The number of amides is 2. The number of nitrogens with one attached hydrogen (secondary N) is 2. The van der Waals surface area contributed by atoms with Gasteiger partial charge in [0, 0.05) is 24.0 Å². The fourth-order valence-corrected chi connectivity index (χ4v) is 3.81. The molecular formula is C14H24N4OS. The van der Waals surface area contributed by atoms with Crippen molar-refractivity contribution in [3.05, 3.63) is 12.4 Å². The Kier molecular flexibility index (Phi) is 5.76. The zero-order valence-electron chi connectivity index (χ0n) is 12.3. The number of urea groups is 1. The molecule has 2 amide bonds. The summed E-state index contributed by atoms with van der Waals surface area (Å²) in [6, 6.07) is 0.171. The molecule has 2 rings (SSSR count). The zero-order valence-corrected chi connectivity index (χ0v) is 13.1. The highest BCUT2D eigenvalue weighted by Crippen LogP contribution is 2.28. The monoisotopic (exact) mass is 296 g/mol. The number of hydrogen-bond acceptors (Lipinski definition) is 3. The Balaban J connectivity index is 1.85. The fraction of sp³-hybridized carbons (Fsp3) is 0.714. The topological polar surface area (TPSA) is 59.0 Å². The van der Waals surface area contributed by atoms with Crippen LogP contribution in [0.1, 0.15) is 39.5 Å². The summed E-state index contributed by atoms with van der Waals surface area (Å²) >= 11 is 1.96. The number of anilines is 1. The van der Waals surface area contributed by atoms with E-state index in [2.05, 4.69) is 22.7 Å². The molecule has 2 unspecified atom stereocenters. The third-order valence-corrected chi connectivity index (χ3v) is 4.94. The minimum absolute atomic E-state index is 0.116. The molecule has 1 fully saturated rings. The lowest BCUT2D eigenvalue weighted by Crippen LogP contribution is -2.45. The Bertz CT molecular complexity index is 433. The molecule has 1 saturated carbocycles. The predicted octanol–water partition coefficient (Wildman–Crippen LogP) is 3.09. The number of aryl methyl sites for hydroxylation is 1. The van der Waals surface area contributed by atoms with Gasteiger partial charge in [0.05, 0.1) is 11.9 Å². The zero-order chi connectivity index (χ0) is 14.4. The van der Waals surface area contributed by atoms with Crippen molar-refractivity contribution in [2.45, 2.75) is 57.4 Å². The largest absolute Gasteiger partial charge is 0.334 e. The second kappa shape index (κ2) is 7.57. The van der Waals surface area contributed by atoms with Crippen molar-refractivity contribution >= 4 is 23.5 Å². The number of rotatable bonds is 5. The summed E-state index contributed by atoms with van der Waals surface area (Å²) in [6.45, 7) is 5.00. The number of nitrogens with zero attached hydrogens (tertiary/aromatic N) is 2. The number of hydrogen-bond donors (Lipinski definition) is 2. The molecule has 0 spiro atoms. The van der Waals surface area contributed by atoms with Crippen LogP contribution in [0.25, 0.3) is 0 Å². The molecule has 0 aliphatic heterocycles. The van der Waals surface area contributed by atoms with Gasteiger partial charge < -0.3 is 10.6 Å². The van der Waals surface area contributed by atoms with Crippen molar-refractivity contribution in [3.63, 3.8) is 0 Å². The molecular weight excluding hydrogens is 272 g/mol. The van der Waals surface area contributed by atoms with Crippen molar-refractivity contribution in [1.29, 1.82) is 0 Å². The Hall–Kier alpha value is -1.17. The van der Waals surface area contributed by atoms with Crippen LogP contribution in [-0.2, 0) is 6.54 Å². The average Bonchev–Trinajstić information content (AvgIpc) is 2.89. The molecule has 2 atom stereocenters. The van der Waals surface area contributed by atoms with Gasteiger partial charge in [0.2, 0.25) is 0 Å². The van der Waals surface area contributed by atoms with Gasteiger partial charge in [0.25, 0.3) is 0 Å². The molecule has 6 heteroatoms. The summed E-state index contributed by atoms with van der Waals surface area (Å²) in [4.78, 5) is 12.1. The summed E-state index contributed by atoms with van der Waals surface area (Å²) < 4.78 is 1.80. The lowest BCUT2D eigenvalue weighted by molar-refractivity contribution is 0.245. The van der Waals surface area contributed by atoms with Gasteiger partial charge in [-0.05, 0) is 25.5 Å². The van der Waals surface area contributed by atoms with Gasteiger partial charge in [-0.3, -0.25) is 4.68 Å². The second-order valence-corrected chi connectivity index (χ2v) is 6.58. The molecule has 0 aromatic carbocycles. The summed E-state index contributed by atoms with van der Waals surface area (Å²) in [5, 5.41) is 10.7. The first-order valence-corrected chi connectivity index (χ1v) is 8.49. The van der Waals surface area contributed by atoms with E-state index in [-0.39, 0.29) is 12.1 Å². The second-order valence-electron chi connectivity index (χ2n) is 5.07. The first-order chi connectivity index (χ1) is 9.72. The van der Waals surface area contributed by atoms with Gasteiger partial charge in [-0.15, -0.1) is 0 Å². The maximum Gasteiger partial charge on any atom is 0.319 e. The molecule has 1 aromatic rings. The van der Waals surface area contributed by atoms with Crippen molar-refractivity contribution in [2.75, 3.05) is 11.1 Å². The van der Waals surface area contributed by atoms with Crippen LogP contribution in [0.3, 0.4) is 0 Å². The van der Waals surface area contributed by atoms with E-state index < -0.39 is 0 Å². The number of carbonyl (C=O) groups excluding carboxylic acids is 1. The molecule has 1 heterocycles. The van der Waals surface area contributed by atoms with Gasteiger partial charge in [-0.2, -0.15) is 16.9 Å². The SMILES string of the molecule is CCSC1CCCCC1NC(=O)Nc1cnn(CC)c1. The molecule has 2 N–H and O–H groups in total. The van der Waals surface area contributed by atoms with Gasteiger partial charge >= 0.3 is 6.03 Å². The van der Waals surface area contributed by atoms with E-state index in [1.165, 1.54) is 19.3 Å². The number of carbonyl (C=O) groups is 1. The van der Waals surface area contributed by atoms with E-state index in [1.54, 1.807) is 10.9 Å². The molecule has 1 aromatic heterocycles. The summed E-state index contributed by atoms with van der Waals surface area (Å²) in [7, 11) is 0. The third-order valence-electron chi connectivity index (χ3n) is 3.61. The normalized spacial score (nSPS) is 22.5. The first kappa shape index (κ1) is 15.2. The van der Waals surface area contributed by atoms with Gasteiger partial charge in [-0.25, -0.2) is 4.79 Å². The Morgan fingerprint density at radius 2 is 2.25 bits per heavy atom. The fourth-order valence-electron chi connectivity index (χ4n) is 2.61. The molecule has 1 aliphatic rings. The Labute approximate surface area is 124 Å². The average molecular weight is 296 g/mol. The van der Waals surface area contributed by atoms with E-state index in [0.29, 0.717) is 5.25 Å². The Morgan fingerprint density at radius 3 is 2.95 bits per heavy atom. The van der Waals surface area contributed by atoms with Gasteiger partial charge in [0.15, 0.2) is 0 Å². The summed E-state index contributed by atoms with van der Waals surface area (Å²) in [5.41, 5.74) is 0.750. The lowest BCUT2D eigenvalue weighted by atomic mass is 9.95. The maximum absolute atomic E-state index is 12.1. The van der Waals surface area contributed by atoms with E-state index in [1.807, 2.05) is 24.9 Å². The third kappa shape index (κ3) is 4.16. The number of thioether (sulfide) groups is 1. The van der Waals surface area contributed by atoms with Crippen LogP contribution in [-0.4, -0.2) is 32.9 Å². The van der Waals surface area contributed by atoms with E-state index >= 15 is 0 Å². The number of aromatic nitrogens is 2. The van der Waals surface area contributed by atoms with Crippen LogP contribution < -0.4 is 10.6 Å². The molecule has 5 nitrogen and oxygen atoms in total. The van der Waals surface area contributed by atoms with Crippen LogP contribution in [0.5, 0.6) is 0 Å². The minimum Gasteiger partial charge on any atom is -0.334 e. The van der Waals surface area contributed by atoms with E-state index in [9.17, 15) is 4.79 Å². The maximum atomic E-state index is 12.1. The van der Waals surface area contributed by atoms with Crippen LogP contribution in [0.2, 0.25) is 0 Å². The van der Waals surface area contributed by atoms with Gasteiger partial charge in [0.1, 0.15) is 0 Å². The van der Waals surface area contributed by atoms with Crippen LogP contribution in [0.4, 0.5) is 10.5 Å². The van der Waals surface area contributed by atoms with Crippen LogP contribution in [0.15, 0.2) is 12.4 Å². The molecule has 0 radical (unpaired) electrons. The van der Waals surface area contributed by atoms with Gasteiger partial charge in [-0.1, -0.05) is 19.8 Å². The molecule has 112 valence electrons. The van der Waals surface area contributed by atoms with Crippen molar-refractivity contribution in [3.8, 4) is 0 Å². The highest BCUT2D eigenvalue weighted by Gasteiger charge is 2.26. The molecule has 0 bridgehead atoms.